The SMILES string of the molecule is C[C@@H](CNC[C@@H]1CCC=CO1)c1nc(-c2ccccc2)no1. The van der Waals surface area contributed by atoms with Gasteiger partial charge in [0.05, 0.1) is 6.26 Å². The number of aromatic nitrogens is 2. The predicted octanol–water partition coefficient (Wildman–Crippen LogP) is 3.12. The van der Waals surface area contributed by atoms with Crippen molar-refractivity contribution in [1.29, 1.82) is 0 Å². The molecule has 0 amide bonds. The van der Waals surface area contributed by atoms with Crippen molar-refractivity contribution in [2.24, 2.45) is 0 Å². The topological polar surface area (TPSA) is 60.2 Å². The number of rotatable bonds is 6. The highest BCUT2D eigenvalue weighted by molar-refractivity contribution is 5.53. The molecule has 0 spiro atoms. The lowest BCUT2D eigenvalue weighted by Gasteiger charge is -2.20. The zero-order chi connectivity index (χ0) is 15.2. The third kappa shape index (κ3) is 3.74. The van der Waals surface area contributed by atoms with Gasteiger partial charge in [0, 0.05) is 24.6 Å². The van der Waals surface area contributed by atoms with E-state index < -0.39 is 0 Å². The van der Waals surface area contributed by atoms with Crippen molar-refractivity contribution in [1.82, 2.24) is 15.5 Å². The number of ether oxygens (including phenoxy) is 1. The van der Waals surface area contributed by atoms with Crippen molar-refractivity contribution in [3.05, 3.63) is 48.6 Å². The van der Waals surface area contributed by atoms with E-state index in [1.54, 1.807) is 6.26 Å². The van der Waals surface area contributed by atoms with Gasteiger partial charge >= 0.3 is 0 Å². The van der Waals surface area contributed by atoms with E-state index in [-0.39, 0.29) is 12.0 Å². The first-order valence-corrected chi connectivity index (χ1v) is 7.73. The van der Waals surface area contributed by atoms with Crippen molar-refractivity contribution >= 4 is 0 Å². The lowest BCUT2D eigenvalue weighted by molar-refractivity contribution is 0.122. The quantitative estimate of drug-likeness (QED) is 0.888. The first-order valence-electron chi connectivity index (χ1n) is 7.73. The highest BCUT2D eigenvalue weighted by Crippen LogP contribution is 2.19. The molecule has 2 atom stereocenters. The lowest BCUT2D eigenvalue weighted by Crippen LogP contribution is -2.31. The molecule has 1 aliphatic heterocycles. The van der Waals surface area contributed by atoms with E-state index in [1.165, 1.54) is 0 Å². The number of hydrogen-bond donors (Lipinski definition) is 1. The van der Waals surface area contributed by atoms with Crippen LogP contribution in [0.4, 0.5) is 0 Å². The van der Waals surface area contributed by atoms with Crippen molar-refractivity contribution in [3.63, 3.8) is 0 Å². The van der Waals surface area contributed by atoms with Gasteiger partial charge in [-0.2, -0.15) is 4.98 Å². The summed E-state index contributed by atoms with van der Waals surface area (Å²) >= 11 is 0. The van der Waals surface area contributed by atoms with Crippen LogP contribution in [0.1, 0.15) is 31.6 Å². The fourth-order valence-electron chi connectivity index (χ4n) is 2.42. The van der Waals surface area contributed by atoms with Gasteiger partial charge in [0.1, 0.15) is 6.10 Å². The summed E-state index contributed by atoms with van der Waals surface area (Å²) in [6, 6.07) is 9.86. The fraction of sp³-hybridized carbons (Fsp3) is 0.412. The molecule has 0 saturated heterocycles. The number of benzene rings is 1. The monoisotopic (exact) mass is 299 g/mol. The lowest BCUT2D eigenvalue weighted by atomic mass is 10.1. The molecule has 1 N–H and O–H groups in total. The van der Waals surface area contributed by atoms with Crippen LogP contribution >= 0.6 is 0 Å². The second-order valence-electron chi connectivity index (χ2n) is 5.59. The van der Waals surface area contributed by atoms with Gasteiger partial charge in [-0.05, 0) is 18.9 Å². The van der Waals surface area contributed by atoms with Gasteiger partial charge in [-0.1, -0.05) is 42.4 Å². The zero-order valence-corrected chi connectivity index (χ0v) is 12.7. The van der Waals surface area contributed by atoms with Gasteiger partial charge in [0.2, 0.25) is 11.7 Å². The second kappa shape index (κ2) is 7.22. The molecule has 1 aromatic heterocycles. The van der Waals surface area contributed by atoms with Crippen LogP contribution in [-0.4, -0.2) is 29.3 Å². The number of allylic oxidation sites excluding steroid dienone is 1. The molecule has 116 valence electrons. The molecule has 2 heterocycles. The van der Waals surface area contributed by atoms with Crippen LogP contribution in [-0.2, 0) is 4.74 Å². The Balaban J connectivity index is 1.51. The third-order valence-corrected chi connectivity index (χ3v) is 3.74. The summed E-state index contributed by atoms with van der Waals surface area (Å²) in [6.07, 6.45) is 6.27. The Morgan fingerprint density at radius 3 is 2.95 bits per heavy atom. The standard InChI is InChI=1S/C17H21N3O2/c1-13(11-18-12-15-9-5-6-10-21-15)17-19-16(20-22-17)14-7-3-2-4-8-14/h2-4,6-8,10,13,15,18H,5,9,11-12H2,1H3/t13-,15-/m0/s1. The molecule has 5 heteroatoms. The minimum atomic E-state index is 0.170. The molecule has 1 aliphatic rings. The zero-order valence-electron chi connectivity index (χ0n) is 12.7. The van der Waals surface area contributed by atoms with Crippen molar-refractivity contribution in [2.75, 3.05) is 13.1 Å². The van der Waals surface area contributed by atoms with Crippen LogP contribution in [0.5, 0.6) is 0 Å². The molecule has 0 aliphatic carbocycles. The first kappa shape index (κ1) is 14.8. The van der Waals surface area contributed by atoms with Gasteiger partial charge in [-0.15, -0.1) is 0 Å². The predicted molar refractivity (Wildman–Crippen MR) is 84.3 cm³/mol. The molecule has 0 saturated carbocycles. The van der Waals surface area contributed by atoms with E-state index in [9.17, 15) is 0 Å². The maximum atomic E-state index is 5.53. The van der Waals surface area contributed by atoms with E-state index in [0.717, 1.165) is 31.5 Å². The third-order valence-electron chi connectivity index (χ3n) is 3.74. The molecule has 0 radical (unpaired) electrons. The van der Waals surface area contributed by atoms with E-state index in [1.807, 2.05) is 30.3 Å². The maximum Gasteiger partial charge on any atom is 0.231 e. The van der Waals surface area contributed by atoms with Crippen LogP contribution in [0.15, 0.2) is 47.2 Å². The molecule has 0 unspecified atom stereocenters. The molecule has 0 bridgehead atoms. The Kier molecular flexibility index (Phi) is 4.85. The number of nitrogens with one attached hydrogen (secondary N) is 1. The van der Waals surface area contributed by atoms with Crippen LogP contribution < -0.4 is 5.32 Å². The van der Waals surface area contributed by atoms with Gasteiger partial charge in [0.15, 0.2) is 0 Å². The van der Waals surface area contributed by atoms with Gasteiger partial charge in [-0.3, -0.25) is 0 Å². The summed E-state index contributed by atoms with van der Waals surface area (Å²) in [7, 11) is 0. The summed E-state index contributed by atoms with van der Waals surface area (Å²) in [5.41, 5.74) is 0.972. The molecule has 2 aromatic rings. The van der Waals surface area contributed by atoms with E-state index in [2.05, 4.69) is 28.5 Å². The summed E-state index contributed by atoms with van der Waals surface area (Å²) in [4.78, 5) is 4.49. The average Bonchev–Trinajstić information content (AvgIpc) is 3.07. The summed E-state index contributed by atoms with van der Waals surface area (Å²) in [5, 5.41) is 7.47. The number of hydrogen-bond acceptors (Lipinski definition) is 5. The molecule has 1 aromatic carbocycles. The minimum Gasteiger partial charge on any atom is -0.497 e. The van der Waals surface area contributed by atoms with Gasteiger partial charge in [0.25, 0.3) is 0 Å². The molecule has 22 heavy (non-hydrogen) atoms. The second-order valence-corrected chi connectivity index (χ2v) is 5.59. The smallest absolute Gasteiger partial charge is 0.231 e. The Morgan fingerprint density at radius 1 is 1.32 bits per heavy atom. The Morgan fingerprint density at radius 2 is 2.18 bits per heavy atom. The van der Waals surface area contributed by atoms with Crippen molar-refractivity contribution < 1.29 is 9.26 Å². The van der Waals surface area contributed by atoms with Crippen LogP contribution in [0.25, 0.3) is 11.4 Å². The minimum absolute atomic E-state index is 0.170. The Bertz CT molecular complexity index is 609. The number of nitrogens with zero attached hydrogens (tertiary/aromatic N) is 2. The average molecular weight is 299 g/mol. The molecular weight excluding hydrogens is 278 g/mol. The van der Waals surface area contributed by atoms with Crippen LogP contribution in [0.3, 0.4) is 0 Å². The normalized spacial score (nSPS) is 18.9. The largest absolute Gasteiger partial charge is 0.497 e. The van der Waals surface area contributed by atoms with Crippen LogP contribution in [0.2, 0.25) is 0 Å². The molecule has 5 nitrogen and oxygen atoms in total. The Hall–Kier alpha value is -2.14. The Labute approximate surface area is 130 Å². The highest BCUT2D eigenvalue weighted by atomic mass is 16.5. The fourth-order valence-corrected chi connectivity index (χ4v) is 2.42. The first-order chi connectivity index (χ1) is 10.8. The highest BCUT2D eigenvalue weighted by Gasteiger charge is 2.16. The van der Waals surface area contributed by atoms with E-state index in [4.69, 9.17) is 9.26 Å². The van der Waals surface area contributed by atoms with Crippen molar-refractivity contribution in [3.8, 4) is 11.4 Å². The summed E-state index contributed by atoms with van der Waals surface area (Å²) in [6.45, 7) is 3.71. The van der Waals surface area contributed by atoms with Gasteiger partial charge in [-0.25, -0.2) is 0 Å². The molecular formula is C17H21N3O2. The van der Waals surface area contributed by atoms with Gasteiger partial charge < -0.3 is 14.6 Å². The summed E-state index contributed by atoms with van der Waals surface area (Å²) in [5.74, 6) is 1.48. The van der Waals surface area contributed by atoms with Crippen LogP contribution in [0, 0.1) is 0 Å². The van der Waals surface area contributed by atoms with E-state index >= 15 is 0 Å². The maximum absolute atomic E-state index is 5.53. The van der Waals surface area contributed by atoms with Crippen molar-refractivity contribution in [2.45, 2.75) is 31.8 Å². The molecule has 3 rings (SSSR count). The molecule has 0 fully saturated rings. The summed E-state index contributed by atoms with van der Waals surface area (Å²) < 4.78 is 10.9. The van der Waals surface area contributed by atoms with E-state index in [0.29, 0.717) is 11.7 Å².